The van der Waals surface area contributed by atoms with Crippen LogP contribution in [-0.4, -0.2) is 62.7 Å². The van der Waals surface area contributed by atoms with E-state index in [1.54, 1.807) is 5.06 Å². The Labute approximate surface area is 136 Å². The van der Waals surface area contributed by atoms with Crippen molar-refractivity contribution in [2.45, 2.75) is 83.5 Å². The third-order valence-electron chi connectivity index (χ3n) is 5.50. The minimum atomic E-state index is -0.190. The van der Waals surface area contributed by atoms with Crippen LogP contribution in [0.2, 0.25) is 0 Å². The second-order valence-corrected chi connectivity index (χ2v) is 8.31. The van der Waals surface area contributed by atoms with Gasteiger partial charge in [0.25, 0.3) is 0 Å². The van der Waals surface area contributed by atoms with Gasteiger partial charge in [-0.15, -0.1) is 0 Å². The molecule has 0 aromatic heterocycles. The van der Waals surface area contributed by atoms with Gasteiger partial charge in [-0.3, -0.25) is 0 Å². The average Bonchev–Trinajstić information content (AvgIpc) is 2.29. The van der Waals surface area contributed by atoms with Crippen LogP contribution in [0.5, 0.6) is 0 Å². The molecular formula is C16H33ClN2O2. The number of nitrogens with zero attached hydrogens (tertiary/aromatic N) is 2. The summed E-state index contributed by atoms with van der Waals surface area (Å²) in [6.07, 6.45) is 4.33. The molecule has 0 aliphatic carbocycles. The van der Waals surface area contributed by atoms with Gasteiger partial charge in [0, 0.05) is 23.9 Å². The van der Waals surface area contributed by atoms with Crippen molar-refractivity contribution in [3.8, 4) is 0 Å². The van der Waals surface area contributed by atoms with Gasteiger partial charge in [0.1, 0.15) is 13.1 Å². The summed E-state index contributed by atoms with van der Waals surface area (Å²) in [7, 11) is 0. The predicted molar refractivity (Wildman–Crippen MR) is 80.6 cm³/mol. The van der Waals surface area contributed by atoms with Crippen molar-refractivity contribution in [2.24, 2.45) is 0 Å². The van der Waals surface area contributed by atoms with Gasteiger partial charge < -0.3 is 27.2 Å². The summed E-state index contributed by atoms with van der Waals surface area (Å²) < 4.78 is 1.07. The molecule has 0 atom stereocenters. The Bertz CT molecular complexity index is 336. The van der Waals surface area contributed by atoms with Crippen LogP contribution in [0.3, 0.4) is 0 Å². The summed E-state index contributed by atoms with van der Waals surface area (Å²) in [4.78, 5) is 0. The third kappa shape index (κ3) is 3.56. The number of hydrogen-bond acceptors (Lipinski definition) is 3. The van der Waals surface area contributed by atoms with Crippen molar-refractivity contribution in [2.75, 3.05) is 19.6 Å². The number of quaternary nitrogens is 1. The molecule has 0 aromatic rings. The SMILES string of the molecule is CCCC[N+]1(C2CC(C)(C)N(O)C(C)(C)C2)CC(O)C1.[Cl-]. The van der Waals surface area contributed by atoms with Crippen molar-refractivity contribution in [3.05, 3.63) is 0 Å². The molecule has 126 valence electrons. The van der Waals surface area contributed by atoms with E-state index in [1.807, 2.05) is 0 Å². The molecule has 0 saturated carbocycles. The number of unbranched alkanes of at least 4 members (excludes halogenated alkanes) is 1. The van der Waals surface area contributed by atoms with Crippen molar-refractivity contribution >= 4 is 0 Å². The highest BCUT2D eigenvalue weighted by molar-refractivity contribution is 4.98. The maximum Gasteiger partial charge on any atom is 0.152 e. The monoisotopic (exact) mass is 320 g/mol. The van der Waals surface area contributed by atoms with Crippen LogP contribution in [0.1, 0.15) is 60.3 Å². The lowest BCUT2D eigenvalue weighted by atomic mass is 9.76. The maximum atomic E-state index is 10.4. The minimum absolute atomic E-state index is 0. The summed E-state index contributed by atoms with van der Waals surface area (Å²) in [6.45, 7) is 13.7. The van der Waals surface area contributed by atoms with Crippen LogP contribution < -0.4 is 12.4 Å². The molecule has 0 spiro atoms. The third-order valence-corrected chi connectivity index (χ3v) is 5.50. The standard InChI is InChI=1S/C16H33N2O2.ClH/c1-6-7-8-18(11-14(19)12-18)13-9-15(2,3)17(20)16(4,5)10-13;/h13-14,19-20H,6-12H2,1-5H3;1H/q+1;/p-1. The fourth-order valence-corrected chi connectivity index (χ4v) is 4.53. The highest BCUT2D eigenvalue weighted by atomic mass is 35.5. The molecule has 2 heterocycles. The molecule has 2 N–H and O–H groups in total. The van der Waals surface area contributed by atoms with Crippen molar-refractivity contribution in [1.82, 2.24) is 5.06 Å². The second-order valence-electron chi connectivity index (χ2n) is 8.31. The summed E-state index contributed by atoms with van der Waals surface area (Å²) in [5, 5.41) is 21.9. The number of aliphatic hydroxyl groups excluding tert-OH is 1. The molecule has 4 nitrogen and oxygen atoms in total. The highest BCUT2D eigenvalue weighted by Crippen LogP contribution is 2.43. The van der Waals surface area contributed by atoms with Crippen molar-refractivity contribution in [3.63, 3.8) is 0 Å². The Morgan fingerprint density at radius 3 is 1.95 bits per heavy atom. The first-order valence-corrected chi connectivity index (χ1v) is 8.16. The number of aliphatic hydroxyl groups is 1. The Morgan fingerprint density at radius 2 is 1.57 bits per heavy atom. The molecule has 0 aromatic carbocycles. The van der Waals surface area contributed by atoms with Gasteiger partial charge in [-0.25, -0.2) is 0 Å². The average molecular weight is 321 g/mol. The molecule has 21 heavy (non-hydrogen) atoms. The first kappa shape index (κ1) is 19.2. The van der Waals surface area contributed by atoms with Gasteiger partial charge in [0.15, 0.2) is 6.10 Å². The van der Waals surface area contributed by atoms with Gasteiger partial charge in [-0.1, -0.05) is 13.3 Å². The number of piperidine rings is 1. The molecule has 0 unspecified atom stereocenters. The molecule has 0 radical (unpaired) electrons. The molecule has 5 heteroatoms. The zero-order chi connectivity index (χ0) is 15.2. The number of halogens is 1. The predicted octanol–water partition coefficient (Wildman–Crippen LogP) is -0.607. The van der Waals surface area contributed by atoms with Gasteiger partial charge in [-0.2, -0.15) is 5.06 Å². The Hall–Kier alpha value is 0.130. The fourth-order valence-electron chi connectivity index (χ4n) is 4.53. The van der Waals surface area contributed by atoms with E-state index in [-0.39, 0.29) is 29.6 Å². The van der Waals surface area contributed by atoms with Crippen LogP contribution >= 0.6 is 0 Å². The summed E-state index contributed by atoms with van der Waals surface area (Å²) in [5.41, 5.74) is -0.380. The zero-order valence-corrected chi connectivity index (χ0v) is 15.0. The van der Waals surface area contributed by atoms with Crippen LogP contribution in [0.25, 0.3) is 0 Å². The number of hydroxylamine groups is 2. The topological polar surface area (TPSA) is 43.7 Å². The van der Waals surface area contributed by atoms with Crippen LogP contribution in [0.4, 0.5) is 0 Å². The van der Waals surface area contributed by atoms with E-state index in [0.717, 1.165) is 30.4 Å². The lowest BCUT2D eigenvalue weighted by Gasteiger charge is -2.60. The highest BCUT2D eigenvalue weighted by Gasteiger charge is 2.56. The molecule has 2 aliphatic heterocycles. The van der Waals surface area contributed by atoms with E-state index >= 15 is 0 Å². The summed E-state index contributed by atoms with van der Waals surface area (Å²) >= 11 is 0. The Morgan fingerprint density at radius 1 is 1.10 bits per heavy atom. The van der Waals surface area contributed by atoms with Crippen LogP contribution in [-0.2, 0) is 0 Å². The van der Waals surface area contributed by atoms with Crippen LogP contribution in [0, 0.1) is 0 Å². The number of rotatable bonds is 4. The normalized spacial score (nSPS) is 35.9. The molecule has 2 fully saturated rings. The van der Waals surface area contributed by atoms with E-state index in [4.69, 9.17) is 0 Å². The first-order chi connectivity index (χ1) is 9.13. The second kappa shape index (κ2) is 6.32. The Kier molecular flexibility index (Phi) is 5.78. The number of hydrogen-bond donors (Lipinski definition) is 2. The van der Waals surface area contributed by atoms with E-state index in [0.29, 0.717) is 6.04 Å². The van der Waals surface area contributed by atoms with Gasteiger partial charge in [-0.05, 0) is 34.1 Å². The van der Waals surface area contributed by atoms with E-state index < -0.39 is 0 Å². The zero-order valence-electron chi connectivity index (χ0n) is 14.3. The smallest absolute Gasteiger partial charge is 0.152 e. The van der Waals surface area contributed by atoms with Crippen molar-refractivity contribution < 1.29 is 27.2 Å². The molecule has 0 amide bonds. The molecule has 2 rings (SSSR count). The molecule has 2 saturated heterocycles. The molecule has 0 bridgehead atoms. The summed E-state index contributed by atoms with van der Waals surface area (Å²) in [6, 6.07) is 0.554. The van der Waals surface area contributed by atoms with Gasteiger partial charge in [0.05, 0.1) is 12.6 Å². The Balaban J connectivity index is 0.00000220. The van der Waals surface area contributed by atoms with Crippen molar-refractivity contribution in [1.29, 1.82) is 0 Å². The van der Waals surface area contributed by atoms with Crippen LogP contribution in [0.15, 0.2) is 0 Å². The van der Waals surface area contributed by atoms with Gasteiger partial charge >= 0.3 is 0 Å². The summed E-state index contributed by atoms with van der Waals surface area (Å²) in [5.74, 6) is 0. The molecule has 2 aliphatic rings. The number of likely N-dealkylation sites (tertiary alicyclic amines) is 1. The quantitative estimate of drug-likeness (QED) is 0.680. The van der Waals surface area contributed by atoms with E-state index in [9.17, 15) is 10.3 Å². The van der Waals surface area contributed by atoms with E-state index in [2.05, 4.69) is 34.6 Å². The maximum absolute atomic E-state index is 10.4. The lowest BCUT2D eigenvalue weighted by Crippen LogP contribution is -3.00. The largest absolute Gasteiger partial charge is 1.00 e. The fraction of sp³-hybridized carbons (Fsp3) is 1.00. The lowest BCUT2D eigenvalue weighted by molar-refractivity contribution is -0.996. The van der Waals surface area contributed by atoms with E-state index in [1.165, 1.54) is 19.4 Å². The minimum Gasteiger partial charge on any atom is -1.00 e. The van der Waals surface area contributed by atoms with Gasteiger partial charge in [0.2, 0.25) is 0 Å². The molecular weight excluding hydrogens is 288 g/mol. The first-order valence-electron chi connectivity index (χ1n) is 8.16.